The van der Waals surface area contributed by atoms with Crippen LogP contribution in [0.3, 0.4) is 0 Å². The number of halogens is 4. The SMILES string of the molecule is COCC(Oc1ccc(F)c(C(N)=O)c1F)c1nc(-c2ccc(Cl)cc2)c(Br)o1. The lowest BCUT2D eigenvalue weighted by Crippen LogP contribution is -2.19. The number of nitrogens with two attached hydrogens (primary N) is 1. The molecule has 0 bridgehead atoms. The predicted octanol–water partition coefficient (Wildman–Crippen LogP) is 4.90. The number of ether oxygens (including phenoxy) is 2. The van der Waals surface area contributed by atoms with Gasteiger partial charge in [-0.05, 0) is 40.2 Å². The van der Waals surface area contributed by atoms with Gasteiger partial charge in [-0.1, -0.05) is 23.7 Å². The highest BCUT2D eigenvalue weighted by molar-refractivity contribution is 9.10. The molecule has 0 radical (unpaired) electrons. The van der Waals surface area contributed by atoms with Gasteiger partial charge in [0.25, 0.3) is 5.91 Å². The second-order valence-corrected chi connectivity index (χ2v) is 7.00. The standard InChI is InChI=1S/C19H14BrClF2N2O4/c1-27-8-13(28-12-7-6-11(22)14(15(12)23)18(24)26)19-25-16(17(20)29-19)9-2-4-10(21)5-3-9/h2-7,13H,8H2,1H3,(H2,24,26). The van der Waals surface area contributed by atoms with Gasteiger partial charge in [0.05, 0.1) is 6.61 Å². The van der Waals surface area contributed by atoms with Gasteiger partial charge in [-0.2, -0.15) is 0 Å². The maximum Gasteiger partial charge on any atom is 0.254 e. The third-order valence-electron chi connectivity index (χ3n) is 3.88. The monoisotopic (exact) mass is 486 g/mol. The number of oxazole rings is 1. The van der Waals surface area contributed by atoms with Crippen LogP contribution >= 0.6 is 27.5 Å². The van der Waals surface area contributed by atoms with Crippen LogP contribution in [0.1, 0.15) is 22.4 Å². The number of aromatic nitrogens is 1. The van der Waals surface area contributed by atoms with E-state index in [0.29, 0.717) is 15.4 Å². The predicted molar refractivity (Wildman–Crippen MR) is 105 cm³/mol. The van der Waals surface area contributed by atoms with Crippen molar-refractivity contribution in [2.45, 2.75) is 6.10 Å². The van der Waals surface area contributed by atoms with E-state index >= 15 is 0 Å². The average Bonchev–Trinajstić information content (AvgIpc) is 3.05. The minimum atomic E-state index is -1.25. The van der Waals surface area contributed by atoms with E-state index in [2.05, 4.69) is 20.9 Å². The Balaban J connectivity index is 1.96. The van der Waals surface area contributed by atoms with Crippen LogP contribution in [-0.2, 0) is 4.74 Å². The van der Waals surface area contributed by atoms with Crippen LogP contribution in [0.5, 0.6) is 5.75 Å². The van der Waals surface area contributed by atoms with Gasteiger partial charge < -0.3 is 19.6 Å². The molecule has 2 N–H and O–H groups in total. The number of amides is 1. The van der Waals surface area contributed by atoms with Crippen molar-refractivity contribution in [1.29, 1.82) is 0 Å². The van der Waals surface area contributed by atoms with E-state index < -0.39 is 35.0 Å². The molecule has 29 heavy (non-hydrogen) atoms. The number of benzene rings is 2. The number of hydrogen-bond donors (Lipinski definition) is 1. The van der Waals surface area contributed by atoms with Crippen molar-refractivity contribution >= 4 is 33.4 Å². The Kier molecular flexibility index (Phi) is 6.51. The molecule has 1 atom stereocenters. The number of hydrogen-bond acceptors (Lipinski definition) is 5. The van der Waals surface area contributed by atoms with Crippen molar-refractivity contribution in [3.63, 3.8) is 0 Å². The highest BCUT2D eigenvalue weighted by Gasteiger charge is 2.26. The van der Waals surface area contributed by atoms with Crippen LogP contribution in [0, 0.1) is 11.6 Å². The summed E-state index contributed by atoms with van der Waals surface area (Å²) >= 11 is 9.19. The maximum atomic E-state index is 14.5. The molecule has 1 aromatic heterocycles. The Morgan fingerprint density at radius 3 is 2.59 bits per heavy atom. The Hall–Kier alpha value is -2.49. The van der Waals surface area contributed by atoms with Crippen molar-refractivity contribution in [1.82, 2.24) is 4.98 Å². The van der Waals surface area contributed by atoms with E-state index in [-0.39, 0.29) is 12.5 Å². The van der Waals surface area contributed by atoms with E-state index in [1.165, 1.54) is 7.11 Å². The molecule has 1 amide bonds. The first-order chi connectivity index (χ1) is 13.8. The molecule has 3 rings (SSSR count). The van der Waals surface area contributed by atoms with Gasteiger partial charge >= 0.3 is 0 Å². The molecule has 1 heterocycles. The average molecular weight is 488 g/mol. The number of carbonyl (C=O) groups excluding carboxylic acids is 1. The van der Waals surface area contributed by atoms with Gasteiger partial charge in [0.2, 0.25) is 5.89 Å². The number of primary amides is 1. The topological polar surface area (TPSA) is 87.6 Å². The van der Waals surface area contributed by atoms with Gasteiger partial charge in [0.15, 0.2) is 22.3 Å². The molecular weight excluding hydrogens is 474 g/mol. The lowest BCUT2D eigenvalue weighted by atomic mass is 10.1. The Morgan fingerprint density at radius 2 is 1.97 bits per heavy atom. The molecule has 0 spiro atoms. The zero-order valence-corrected chi connectivity index (χ0v) is 17.3. The molecule has 10 heteroatoms. The van der Waals surface area contributed by atoms with Crippen LogP contribution in [0.4, 0.5) is 8.78 Å². The van der Waals surface area contributed by atoms with Crippen molar-refractivity contribution in [2.75, 3.05) is 13.7 Å². The molecule has 0 saturated carbocycles. The van der Waals surface area contributed by atoms with Gasteiger partial charge in [0, 0.05) is 17.7 Å². The quantitative estimate of drug-likeness (QED) is 0.512. The molecule has 0 fully saturated rings. The Morgan fingerprint density at radius 1 is 1.28 bits per heavy atom. The van der Waals surface area contributed by atoms with E-state index in [9.17, 15) is 13.6 Å². The lowest BCUT2D eigenvalue weighted by Gasteiger charge is -2.16. The summed E-state index contributed by atoms with van der Waals surface area (Å²) in [5.74, 6) is -3.88. The molecule has 152 valence electrons. The molecule has 6 nitrogen and oxygen atoms in total. The zero-order valence-electron chi connectivity index (χ0n) is 14.9. The van der Waals surface area contributed by atoms with Gasteiger partial charge in [-0.3, -0.25) is 4.79 Å². The number of nitrogens with zero attached hydrogens (tertiary/aromatic N) is 1. The molecular formula is C19H14BrClF2N2O4. The number of carbonyl (C=O) groups is 1. The minimum Gasteiger partial charge on any atom is -0.475 e. The summed E-state index contributed by atoms with van der Waals surface area (Å²) in [5.41, 5.74) is 5.33. The fourth-order valence-electron chi connectivity index (χ4n) is 2.55. The summed E-state index contributed by atoms with van der Waals surface area (Å²) in [7, 11) is 1.41. The molecule has 2 aromatic carbocycles. The molecule has 3 aromatic rings. The van der Waals surface area contributed by atoms with E-state index in [0.717, 1.165) is 17.7 Å². The van der Waals surface area contributed by atoms with Gasteiger partial charge in [-0.25, -0.2) is 13.8 Å². The van der Waals surface area contributed by atoms with Crippen molar-refractivity contribution in [3.05, 3.63) is 69.2 Å². The summed E-state index contributed by atoms with van der Waals surface area (Å²) in [4.78, 5) is 15.7. The third-order valence-corrected chi connectivity index (χ3v) is 4.67. The van der Waals surface area contributed by atoms with E-state index in [1.54, 1.807) is 24.3 Å². The number of methoxy groups -OCH3 is 1. The first-order valence-electron chi connectivity index (χ1n) is 8.17. The Bertz CT molecular complexity index is 1040. The first kappa shape index (κ1) is 21.2. The normalized spacial score (nSPS) is 12.0. The fraction of sp³-hybridized carbons (Fsp3) is 0.158. The maximum absolute atomic E-state index is 14.5. The smallest absolute Gasteiger partial charge is 0.254 e. The molecule has 0 aliphatic rings. The van der Waals surface area contributed by atoms with Crippen molar-refractivity contribution in [2.24, 2.45) is 5.73 Å². The molecule has 0 aliphatic heterocycles. The molecule has 0 aliphatic carbocycles. The summed E-state index contributed by atoms with van der Waals surface area (Å²) < 4.78 is 44.8. The first-order valence-corrected chi connectivity index (χ1v) is 9.34. The summed E-state index contributed by atoms with van der Waals surface area (Å²) in [6.07, 6.45) is -0.988. The highest BCUT2D eigenvalue weighted by atomic mass is 79.9. The van der Waals surface area contributed by atoms with Gasteiger partial charge in [0.1, 0.15) is 17.1 Å². The summed E-state index contributed by atoms with van der Waals surface area (Å²) in [5, 5.41) is 0.561. The van der Waals surface area contributed by atoms with E-state index in [1.807, 2.05) is 0 Å². The second kappa shape index (κ2) is 8.89. The summed E-state index contributed by atoms with van der Waals surface area (Å²) in [6.45, 7) is -0.0598. The largest absolute Gasteiger partial charge is 0.475 e. The van der Waals surface area contributed by atoms with Crippen molar-refractivity contribution in [3.8, 4) is 17.0 Å². The molecule has 1 unspecified atom stereocenters. The fourth-order valence-corrected chi connectivity index (χ4v) is 3.16. The van der Waals surface area contributed by atoms with Crippen LogP contribution in [-0.4, -0.2) is 24.6 Å². The Labute approximate surface area is 177 Å². The third kappa shape index (κ3) is 4.58. The van der Waals surface area contributed by atoms with Crippen LogP contribution in [0.2, 0.25) is 5.02 Å². The van der Waals surface area contributed by atoms with Crippen LogP contribution in [0.15, 0.2) is 45.5 Å². The van der Waals surface area contributed by atoms with Gasteiger partial charge in [-0.15, -0.1) is 0 Å². The van der Waals surface area contributed by atoms with Crippen molar-refractivity contribution < 1.29 is 27.5 Å². The summed E-state index contributed by atoms with van der Waals surface area (Å²) in [6, 6.07) is 8.81. The minimum absolute atomic E-state index is 0.0598. The number of rotatable bonds is 7. The second-order valence-electron chi connectivity index (χ2n) is 5.84. The van der Waals surface area contributed by atoms with Crippen LogP contribution in [0.25, 0.3) is 11.3 Å². The van der Waals surface area contributed by atoms with E-state index in [4.69, 9.17) is 31.2 Å². The lowest BCUT2D eigenvalue weighted by molar-refractivity contribution is 0.0602. The zero-order chi connectivity index (χ0) is 21.1. The molecule has 0 saturated heterocycles. The highest BCUT2D eigenvalue weighted by Crippen LogP contribution is 2.34. The van der Waals surface area contributed by atoms with Crippen LogP contribution < -0.4 is 10.5 Å².